The predicted molar refractivity (Wildman–Crippen MR) is 59.5 cm³/mol. The van der Waals surface area contributed by atoms with Gasteiger partial charge >= 0.3 is 0 Å². The van der Waals surface area contributed by atoms with Gasteiger partial charge in [0.05, 0.1) is 12.3 Å². The first-order chi connectivity index (χ1) is 6.38. The highest BCUT2D eigenvalue weighted by atomic mass is 35.5. The van der Waals surface area contributed by atoms with Gasteiger partial charge in [0, 0.05) is 0 Å². The molecule has 1 aliphatic rings. The van der Waals surface area contributed by atoms with Crippen LogP contribution in [0.1, 0.15) is 43.9 Å². The standard InChI is InChI=1S/C11H17NO.ClH/c12-11(10-7-4-8-13-10)9-5-2-1-3-6-9;/h4,7-9,11H,1-3,5-6,12H2;1H/t11-;/m0./s1. The molecular formula is C11H18ClNO. The topological polar surface area (TPSA) is 39.2 Å². The normalized spacial score (nSPS) is 20.1. The Morgan fingerprint density at radius 1 is 1.29 bits per heavy atom. The average molecular weight is 216 g/mol. The van der Waals surface area contributed by atoms with Crippen molar-refractivity contribution in [3.8, 4) is 0 Å². The summed E-state index contributed by atoms with van der Waals surface area (Å²) in [5.41, 5.74) is 6.12. The van der Waals surface area contributed by atoms with Crippen LogP contribution in [0.15, 0.2) is 22.8 Å². The fraction of sp³-hybridized carbons (Fsp3) is 0.636. The first kappa shape index (κ1) is 11.6. The predicted octanol–water partition coefficient (Wildman–Crippen LogP) is 3.28. The lowest BCUT2D eigenvalue weighted by Crippen LogP contribution is -2.22. The van der Waals surface area contributed by atoms with Crippen LogP contribution in [0.5, 0.6) is 0 Å². The minimum Gasteiger partial charge on any atom is -0.468 e. The van der Waals surface area contributed by atoms with Gasteiger partial charge in [-0.3, -0.25) is 0 Å². The third kappa shape index (κ3) is 2.52. The Hall–Kier alpha value is -0.470. The summed E-state index contributed by atoms with van der Waals surface area (Å²) in [6, 6.07) is 4.02. The maximum Gasteiger partial charge on any atom is 0.120 e. The number of halogens is 1. The summed E-state index contributed by atoms with van der Waals surface area (Å²) in [4.78, 5) is 0. The highest BCUT2D eigenvalue weighted by Gasteiger charge is 2.23. The summed E-state index contributed by atoms with van der Waals surface area (Å²) in [5, 5.41) is 0. The molecule has 1 aromatic rings. The van der Waals surface area contributed by atoms with Crippen molar-refractivity contribution in [2.75, 3.05) is 0 Å². The molecular weight excluding hydrogens is 198 g/mol. The van der Waals surface area contributed by atoms with E-state index in [0.717, 1.165) is 5.76 Å². The van der Waals surface area contributed by atoms with Gasteiger partial charge in [0.1, 0.15) is 5.76 Å². The van der Waals surface area contributed by atoms with Gasteiger partial charge in [0.15, 0.2) is 0 Å². The van der Waals surface area contributed by atoms with Crippen LogP contribution in [0.25, 0.3) is 0 Å². The summed E-state index contributed by atoms with van der Waals surface area (Å²) >= 11 is 0. The lowest BCUT2D eigenvalue weighted by atomic mass is 9.83. The second kappa shape index (κ2) is 5.42. The number of rotatable bonds is 2. The Morgan fingerprint density at radius 2 is 2.00 bits per heavy atom. The van der Waals surface area contributed by atoms with E-state index in [4.69, 9.17) is 10.2 Å². The fourth-order valence-corrected chi connectivity index (χ4v) is 2.21. The molecule has 1 saturated carbocycles. The monoisotopic (exact) mass is 215 g/mol. The van der Waals surface area contributed by atoms with Crippen molar-refractivity contribution in [2.45, 2.75) is 38.1 Å². The van der Waals surface area contributed by atoms with E-state index in [1.807, 2.05) is 12.1 Å². The zero-order valence-corrected chi connectivity index (χ0v) is 9.13. The van der Waals surface area contributed by atoms with E-state index in [9.17, 15) is 0 Å². The molecule has 1 heterocycles. The summed E-state index contributed by atoms with van der Waals surface area (Å²) < 4.78 is 5.32. The van der Waals surface area contributed by atoms with Crippen molar-refractivity contribution >= 4 is 12.4 Å². The zero-order valence-electron chi connectivity index (χ0n) is 8.32. The smallest absolute Gasteiger partial charge is 0.120 e. The molecule has 0 radical (unpaired) electrons. The van der Waals surface area contributed by atoms with E-state index >= 15 is 0 Å². The van der Waals surface area contributed by atoms with Crippen LogP contribution >= 0.6 is 12.4 Å². The fourth-order valence-electron chi connectivity index (χ4n) is 2.21. The zero-order chi connectivity index (χ0) is 9.10. The van der Waals surface area contributed by atoms with Crippen molar-refractivity contribution in [2.24, 2.45) is 11.7 Å². The van der Waals surface area contributed by atoms with E-state index in [1.54, 1.807) is 6.26 Å². The molecule has 0 aliphatic heterocycles. The lowest BCUT2D eigenvalue weighted by Gasteiger charge is -2.25. The maximum atomic E-state index is 6.12. The maximum absolute atomic E-state index is 6.12. The summed E-state index contributed by atoms with van der Waals surface area (Å²) in [6.45, 7) is 0. The van der Waals surface area contributed by atoms with Gasteiger partial charge in [0.25, 0.3) is 0 Å². The summed E-state index contributed by atoms with van der Waals surface area (Å²) in [5.74, 6) is 1.59. The quantitative estimate of drug-likeness (QED) is 0.823. The molecule has 14 heavy (non-hydrogen) atoms. The third-order valence-corrected chi connectivity index (χ3v) is 3.03. The molecule has 0 saturated heterocycles. The molecule has 0 amide bonds. The number of nitrogens with two attached hydrogens (primary N) is 1. The highest BCUT2D eigenvalue weighted by Crippen LogP contribution is 2.32. The Morgan fingerprint density at radius 3 is 2.57 bits per heavy atom. The van der Waals surface area contributed by atoms with Gasteiger partial charge in [0.2, 0.25) is 0 Å². The molecule has 1 atom stereocenters. The van der Waals surface area contributed by atoms with Crippen LogP contribution in [-0.4, -0.2) is 0 Å². The van der Waals surface area contributed by atoms with Gasteiger partial charge in [-0.05, 0) is 30.9 Å². The second-order valence-electron chi connectivity index (χ2n) is 3.94. The Balaban J connectivity index is 0.000000980. The largest absolute Gasteiger partial charge is 0.468 e. The van der Waals surface area contributed by atoms with E-state index in [1.165, 1.54) is 32.1 Å². The second-order valence-corrected chi connectivity index (χ2v) is 3.94. The molecule has 1 aromatic heterocycles. The van der Waals surface area contributed by atoms with Crippen LogP contribution in [0, 0.1) is 5.92 Å². The van der Waals surface area contributed by atoms with E-state index < -0.39 is 0 Å². The molecule has 0 unspecified atom stereocenters. The molecule has 1 aliphatic carbocycles. The van der Waals surface area contributed by atoms with Gasteiger partial charge < -0.3 is 10.2 Å². The SMILES string of the molecule is Cl.N[C@H](c1ccco1)C1CCCCC1. The van der Waals surface area contributed by atoms with Crippen LogP contribution in [0.4, 0.5) is 0 Å². The number of furan rings is 1. The van der Waals surface area contributed by atoms with Crippen LogP contribution in [0.3, 0.4) is 0 Å². The lowest BCUT2D eigenvalue weighted by molar-refractivity contribution is 0.280. The Kier molecular flexibility index (Phi) is 4.49. The van der Waals surface area contributed by atoms with Gasteiger partial charge in [-0.2, -0.15) is 0 Å². The van der Waals surface area contributed by atoms with Crippen LogP contribution in [0.2, 0.25) is 0 Å². The highest BCUT2D eigenvalue weighted by molar-refractivity contribution is 5.85. The first-order valence-electron chi connectivity index (χ1n) is 5.17. The molecule has 80 valence electrons. The molecule has 2 rings (SSSR count). The minimum atomic E-state index is 0. The molecule has 1 fully saturated rings. The Bertz CT molecular complexity index is 242. The third-order valence-electron chi connectivity index (χ3n) is 3.03. The van der Waals surface area contributed by atoms with Crippen molar-refractivity contribution in [1.29, 1.82) is 0 Å². The van der Waals surface area contributed by atoms with Crippen LogP contribution < -0.4 is 5.73 Å². The van der Waals surface area contributed by atoms with Crippen molar-refractivity contribution < 1.29 is 4.42 Å². The molecule has 2 nitrogen and oxygen atoms in total. The molecule has 3 heteroatoms. The summed E-state index contributed by atoms with van der Waals surface area (Å²) in [6.07, 6.45) is 8.28. The average Bonchev–Trinajstić information content (AvgIpc) is 2.71. The van der Waals surface area contributed by atoms with Crippen molar-refractivity contribution in [3.05, 3.63) is 24.2 Å². The number of hydrogen-bond donors (Lipinski definition) is 1. The van der Waals surface area contributed by atoms with E-state index in [0.29, 0.717) is 5.92 Å². The molecule has 0 spiro atoms. The first-order valence-corrected chi connectivity index (χ1v) is 5.17. The minimum absolute atomic E-state index is 0. The molecule has 0 aromatic carbocycles. The Labute approximate surface area is 91.3 Å². The van der Waals surface area contributed by atoms with Gasteiger partial charge in [-0.25, -0.2) is 0 Å². The number of hydrogen-bond acceptors (Lipinski definition) is 2. The van der Waals surface area contributed by atoms with Crippen molar-refractivity contribution in [1.82, 2.24) is 0 Å². The van der Waals surface area contributed by atoms with Crippen molar-refractivity contribution in [3.63, 3.8) is 0 Å². The van der Waals surface area contributed by atoms with E-state index in [2.05, 4.69) is 0 Å². The van der Waals surface area contributed by atoms with Crippen LogP contribution in [-0.2, 0) is 0 Å². The molecule has 0 bridgehead atoms. The van der Waals surface area contributed by atoms with Gasteiger partial charge in [-0.1, -0.05) is 19.3 Å². The summed E-state index contributed by atoms with van der Waals surface area (Å²) in [7, 11) is 0. The van der Waals surface area contributed by atoms with Gasteiger partial charge in [-0.15, -0.1) is 12.4 Å². The molecule has 2 N–H and O–H groups in total. The van der Waals surface area contributed by atoms with E-state index in [-0.39, 0.29) is 18.4 Å².